The van der Waals surface area contributed by atoms with Crippen molar-refractivity contribution in [1.29, 1.82) is 0 Å². The quantitative estimate of drug-likeness (QED) is 0.878. The molecular weight excluding hydrogens is 246 g/mol. The molecule has 2 aromatic carbocycles. The van der Waals surface area contributed by atoms with Crippen LogP contribution in [0.4, 0.5) is 8.78 Å². The zero-order valence-electron chi connectivity index (χ0n) is 10.7. The maximum Gasteiger partial charge on any atom is 0.275 e. The van der Waals surface area contributed by atoms with E-state index in [0.717, 1.165) is 16.7 Å². The van der Waals surface area contributed by atoms with E-state index in [1.54, 1.807) is 6.07 Å². The van der Waals surface area contributed by atoms with E-state index in [1.165, 1.54) is 12.1 Å². The molecule has 0 aliphatic rings. The summed E-state index contributed by atoms with van der Waals surface area (Å²) < 4.78 is 27.6. The summed E-state index contributed by atoms with van der Waals surface area (Å²) in [5.41, 5.74) is 2.71. The van der Waals surface area contributed by atoms with Gasteiger partial charge in [-0.15, -0.1) is 0 Å². The fourth-order valence-electron chi connectivity index (χ4n) is 2.10. The van der Waals surface area contributed by atoms with Crippen molar-refractivity contribution in [1.82, 2.24) is 0 Å². The van der Waals surface area contributed by atoms with Crippen LogP contribution in [0.5, 0.6) is 0 Å². The van der Waals surface area contributed by atoms with Crippen LogP contribution in [-0.2, 0) is 5.92 Å². The number of halogens is 2. The predicted octanol–water partition coefficient (Wildman–Crippen LogP) is 4.14. The molecule has 0 unspecified atom stereocenters. The highest BCUT2D eigenvalue weighted by Crippen LogP contribution is 2.34. The largest absolute Gasteiger partial charge is 0.396 e. The van der Waals surface area contributed by atoms with Crippen LogP contribution >= 0.6 is 0 Å². The summed E-state index contributed by atoms with van der Waals surface area (Å²) >= 11 is 0. The molecule has 0 aliphatic carbocycles. The summed E-state index contributed by atoms with van der Waals surface area (Å²) in [5.74, 6) is -2.99. The molecule has 100 valence electrons. The maximum absolute atomic E-state index is 13.8. The first-order valence-corrected chi connectivity index (χ1v) is 6.20. The van der Waals surface area contributed by atoms with E-state index in [-0.39, 0.29) is 5.56 Å². The lowest BCUT2D eigenvalue weighted by Crippen LogP contribution is -2.15. The van der Waals surface area contributed by atoms with Crippen LogP contribution < -0.4 is 0 Å². The molecule has 3 heteroatoms. The van der Waals surface area contributed by atoms with Gasteiger partial charge in [0.05, 0.1) is 0 Å². The van der Waals surface area contributed by atoms with Crippen molar-refractivity contribution in [3.05, 3.63) is 59.7 Å². The molecule has 2 aromatic rings. The van der Waals surface area contributed by atoms with Gasteiger partial charge in [0.15, 0.2) is 0 Å². The van der Waals surface area contributed by atoms with E-state index in [4.69, 9.17) is 5.11 Å². The topological polar surface area (TPSA) is 20.2 Å². The van der Waals surface area contributed by atoms with E-state index in [9.17, 15) is 8.78 Å². The molecule has 1 nitrogen and oxygen atoms in total. The van der Waals surface area contributed by atoms with Gasteiger partial charge < -0.3 is 5.11 Å². The monoisotopic (exact) mass is 262 g/mol. The third-order valence-corrected chi connectivity index (χ3v) is 3.17. The second kappa shape index (κ2) is 5.49. The van der Waals surface area contributed by atoms with Gasteiger partial charge in [-0.2, -0.15) is 0 Å². The Morgan fingerprint density at radius 2 is 1.79 bits per heavy atom. The number of aliphatic hydroxyl groups is 1. The molecule has 0 aliphatic heterocycles. The minimum atomic E-state index is -2.99. The summed E-state index contributed by atoms with van der Waals surface area (Å²) in [4.78, 5) is 0. The number of hydrogen-bond donors (Lipinski definition) is 1. The van der Waals surface area contributed by atoms with Gasteiger partial charge in [0.1, 0.15) is 0 Å². The number of aliphatic hydroxyl groups excluding tert-OH is 1. The molecule has 0 atom stereocenters. The van der Waals surface area contributed by atoms with E-state index < -0.39 is 19.0 Å². The average molecular weight is 262 g/mol. The highest BCUT2D eigenvalue weighted by Gasteiger charge is 2.30. The lowest BCUT2D eigenvalue weighted by Gasteiger charge is -2.16. The zero-order valence-corrected chi connectivity index (χ0v) is 10.7. The lowest BCUT2D eigenvalue weighted by atomic mass is 9.96. The molecule has 2 rings (SSSR count). The molecule has 0 bridgehead atoms. The molecule has 1 N–H and O–H groups in total. The van der Waals surface area contributed by atoms with Crippen LogP contribution in [-0.4, -0.2) is 11.7 Å². The van der Waals surface area contributed by atoms with Gasteiger partial charge in [-0.3, -0.25) is 0 Å². The average Bonchev–Trinajstić information content (AvgIpc) is 2.39. The summed E-state index contributed by atoms with van der Waals surface area (Å²) in [6.07, 6.45) is -0.551. The number of alkyl halides is 2. The Morgan fingerprint density at radius 1 is 1.05 bits per heavy atom. The highest BCUT2D eigenvalue weighted by molar-refractivity contribution is 5.67. The van der Waals surface area contributed by atoms with Gasteiger partial charge in [0.25, 0.3) is 5.92 Å². The lowest BCUT2D eigenvalue weighted by molar-refractivity contribution is -0.0269. The van der Waals surface area contributed by atoms with Crippen molar-refractivity contribution in [2.75, 3.05) is 6.61 Å². The Labute approximate surface area is 111 Å². The number of hydrogen-bond acceptors (Lipinski definition) is 1. The Morgan fingerprint density at radius 3 is 2.47 bits per heavy atom. The molecule has 0 radical (unpaired) electrons. The SMILES string of the molecule is Cc1ccccc1-c1cccc(C(F)(F)CCO)c1. The summed E-state index contributed by atoms with van der Waals surface area (Å²) in [5, 5.41) is 8.71. The fourth-order valence-corrected chi connectivity index (χ4v) is 2.10. The summed E-state index contributed by atoms with van der Waals surface area (Å²) in [7, 11) is 0. The molecular formula is C16H16F2O. The number of rotatable bonds is 4. The minimum absolute atomic E-state index is 0.0534. The van der Waals surface area contributed by atoms with E-state index in [1.807, 2.05) is 37.3 Å². The van der Waals surface area contributed by atoms with Crippen molar-refractivity contribution in [2.24, 2.45) is 0 Å². The van der Waals surface area contributed by atoms with Crippen molar-refractivity contribution < 1.29 is 13.9 Å². The third kappa shape index (κ3) is 2.99. The zero-order chi connectivity index (χ0) is 13.9. The van der Waals surface area contributed by atoms with Crippen molar-refractivity contribution >= 4 is 0 Å². The van der Waals surface area contributed by atoms with Gasteiger partial charge in [-0.05, 0) is 29.7 Å². The van der Waals surface area contributed by atoms with Crippen LogP contribution in [0.2, 0.25) is 0 Å². The number of aryl methyl sites for hydroxylation is 1. The van der Waals surface area contributed by atoms with E-state index >= 15 is 0 Å². The molecule has 0 saturated heterocycles. The highest BCUT2D eigenvalue weighted by atomic mass is 19.3. The van der Waals surface area contributed by atoms with Crippen molar-refractivity contribution in [3.8, 4) is 11.1 Å². The molecule has 19 heavy (non-hydrogen) atoms. The standard InChI is InChI=1S/C16H16F2O/c1-12-5-2-3-8-15(12)13-6-4-7-14(11-13)16(17,18)9-10-19/h2-8,11,19H,9-10H2,1H3. The van der Waals surface area contributed by atoms with Crippen molar-refractivity contribution in [2.45, 2.75) is 19.3 Å². The Balaban J connectivity index is 2.43. The predicted molar refractivity (Wildman–Crippen MR) is 72.2 cm³/mol. The van der Waals surface area contributed by atoms with Crippen LogP contribution in [0.1, 0.15) is 17.5 Å². The smallest absolute Gasteiger partial charge is 0.275 e. The Kier molecular flexibility index (Phi) is 3.96. The Hall–Kier alpha value is -1.74. The first-order chi connectivity index (χ1) is 9.04. The first kappa shape index (κ1) is 13.7. The van der Waals surface area contributed by atoms with Crippen molar-refractivity contribution in [3.63, 3.8) is 0 Å². The van der Waals surface area contributed by atoms with Crippen LogP contribution in [0.15, 0.2) is 48.5 Å². The normalized spacial score (nSPS) is 11.6. The van der Waals surface area contributed by atoms with E-state index in [0.29, 0.717) is 0 Å². The number of benzene rings is 2. The summed E-state index contributed by atoms with van der Waals surface area (Å²) in [6, 6.07) is 14.0. The molecule has 0 spiro atoms. The van der Waals surface area contributed by atoms with Crippen LogP contribution in [0.25, 0.3) is 11.1 Å². The van der Waals surface area contributed by atoms with E-state index in [2.05, 4.69) is 0 Å². The Bertz CT molecular complexity index is 564. The first-order valence-electron chi connectivity index (χ1n) is 6.20. The van der Waals surface area contributed by atoms with Gasteiger partial charge in [0.2, 0.25) is 0 Å². The minimum Gasteiger partial charge on any atom is -0.396 e. The van der Waals surface area contributed by atoms with Gasteiger partial charge in [-0.1, -0.05) is 42.5 Å². The van der Waals surface area contributed by atoms with Gasteiger partial charge in [0, 0.05) is 18.6 Å². The van der Waals surface area contributed by atoms with Crippen LogP contribution in [0.3, 0.4) is 0 Å². The van der Waals surface area contributed by atoms with Crippen LogP contribution in [0, 0.1) is 6.92 Å². The molecule has 0 amide bonds. The van der Waals surface area contributed by atoms with Gasteiger partial charge >= 0.3 is 0 Å². The molecule has 0 saturated carbocycles. The summed E-state index contributed by atoms with van der Waals surface area (Å²) in [6.45, 7) is 1.43. The second-order valence-electron chi connectivity index (χ2n) is 4.57. The molecule has 0 heterocycles. The maximum atomic E-state index is 13.8. The van der Waals surface area contributed by atoms with Gasteiger partial charge in [-0.25, -0.2) is 8.78 Å². The fraction of sp³-hybridized carbons (Fsp3) is 0.250. The third-order valence-electron chi connectivity index (χ3n) is 3.17. The second-order valence-corrected chi connectivity index (χ2v) is 4.57. The molecule has 0 fully saturated rings. The molecule has 0 aromatic heterocycles.